The van der Waals surface area contributed by atoms with Gasteiger partial charge in [0.2, 0.25) is 0 Å². The van der Waals surface area contributed by atoms with Crippen molar-refractivity contribution in [2.45, 2.75) is 33.4 Å². The van der Waals surface area contributed by atoms with Gasteiger partial charge in [-0.15, -0.1) is 0 Å². The number of carbonyl (C=O) groups is 1. The number of carbonyl (C=O) groups excluding carboxylic acids is 1. The highest BCUT2D eigenvalue weighted by atomic mass is 16.6. The molecule has 0 radical (unpaired) electrons. The molecule has 8 heteroatoms. The Morgan fingerprint density at radius 2 is 1.79 bits per heavy atom. The average Bonchev–Trinajstić information content (AvgIpc) is 3.42. The number of amides is 1. The van der Waals surface area contributed by atoms with E-state index in [2.05, 4.69) is 16.5 Å². The highest BCUT2D eigenvalue weighted by Gasteiger charge is 2.21. The number of benzene rings is 2. The zero-order valence-corrected chi connectivity index (χ0v) is 18.7. The zero-order chi connectivity index (χ0) is 23.5. The molecule has 4 aromatic rings. The lowest BCUT2D eigenvalue weighted by molar-refractivity contribution is -0.386. The third-order valence-electron chi connectivity index (χ3n) is 5.69. The molecule has 0 saturated heterocycles. The van der Waals surface area contributed by atoms with Crippen LogP contribution in [-0.4, -0.2) is 25.2 Å². The van der Waals surface area contributed by atoms with E-state index in [1.165, 1.54) is 0 Å². The van der Waals surface area contributed by atoms with Crippen LogP contribution in [0.25, 0.3) is 5.69 Å². The van der Waals surface area contributed by atoms with Crippen molar-refractivity contribution in [3.05, 3.63) is 111 Å². The second kappa shape index (κ2) is 9.12. The summed E-state index contributed by atoms with van der Waals surface area (Å²) in [6.07, 6.45) is 3.96. The molecule has 0 bridgehead atoms. The van der Waals surface area contributed by atoms with Crippen LogP contribution in [0.2, 0.25) is 0 Å². The van der Waals surface area contributed by atoms with Crippen LogP contribution < -0.4 is 5.32 Å². The maximum Gasteiger partial charge on any atom is 0.312 e. The van der Waals surface area contributed by atoms with Gasteiger partial charge in [-0.1, -0.05) is 24.3 Å². The van der Waals surface area contributed by atoms with Crippen LogP contribution >= 0.6 is 0 Å². The fourth-order valence-corrected chi connectivity index (χ4v) is 3.86. The summed E-state index contributed by atoms with van der Waals surface area (Å²) < 4.78 is 3.64. The number of nitro groups is 1. The summed E-state index contributed by atoms with van der Waals surface area (Å²) in [6.45, 7) is 5.67. The van der Waals surface area contributed by atoms with E-state index in [0.717, 1.165) is 16.8 Å². The Kier molecular flexibility index (Phi) is 6.08. The van der Waals surface area contributed by atoms with Crippen LogP contribution in [0.3, 0.4) is 0 Å². The van der Waals surface area contributed by atoms with E-state index < -0.39 is 4.92 Å². The van der Waals surface area contributed by atoms with Crippen LogP contribution in [0, 0.1) is 24.0 Å². The summed E-state index contributed by atoms with van der Waals surface area (Å²) in [5, 5.41) is 18.5. The molecule has 8 nitrogen and oxygen atoms in total. The van der Waals surface area contributed by atoms with Crippen molar-refractivity contribution >= 4 is 11.6 Å². The van der Waals surface area contributed by atoms with Crippen molar-refractivity contribution in [2.75, 3.05) is 0 Å². The summed E-state index contributed by atoms with van der Waals surface area (Å²) in [5.41, 5.74) is 4.44. The van der Waals surface area contributed by atoms with Gasteiger partial charge in [0.1, 0.15) is 11.4 Å². The summed E-state index contributed by atoms with van der Waals surface area (Å²) in [6, 6.07) is 19.0. The predicted octanol–water partition coefficient (Wildman–Crippen LogP) is 4.74. The first-order valence-electron chi connectivity index (χ1n) is 10.6. The molecule has 168 valence electrons. The SMILES string of the molecule is Cc1nn(Cc2ccc(C(=O)NC(C)c3cccc(-n4cccc4)c3)cc2)c(C)c1[N+](=O)[O-]. The molecule has 4 rings (SSSR count). The Hall–Kier alpha value is -4.20. The first kappa shape index (κ1) is 22.0. The molecular weight excluding hydrogens is 418 g/mol. The molecule has 0 fully saturated rings. The van der Waals surface area contributed by atoms with Gasteiger partial charge in [-0.3, -0.25) is 19.6 Å². The van der Waals surface area contributed by atoms with Crippen LogP contribution in [0.4, 0.5) is 5.69 Å². The van der Waals surface area contributed by atoms with E-state index in [4.69, 9.17) is 0 Å². The summed E-state index contributed by atoms with van der Waals surface area (Å²) >= 11 is 0. The fourth-order valence-electron chi connectivity index (χ4n) is 3.86. The molecule has 0 aliphatic carbocycles. The van der Waals surface area contributed by atoms with Crippen LogP contribution in [0.15, 0.2) is 73.1 Å². The molecule has 0 spiro atoms. The molecule has 1 N–H and O–H groups in total. The molecule has 2 aromatic carbocycles. The minimum Gasteiger partial charge on any atom is -0.346 e. The van der Waals surface area contributed by atoms with Gasteiger partial charge in [-0.25, -0.2) is 0 Å². The summed E-state index contributed by atoms with van der Waals surface area (Å²) in [7, 11) is 0. The third-order valence-corrected chi connectivity index (χ3v) is 5.69. The minimum atomic E-state index is -0.406. The molecule has 0 aliphatic heterocycles. The largest absolute Gasteiger partial charge is 0.346 e. The molecule has 33 heavy (non-hydrogen) atoms. The van der Waals surface area contributed by atoms with Crippen molar-refractivity contribution in [3.63, 3.8) is 0 Å². The monoisotopic (exact) mass is 443 g/mol. The zero-order valence-electron chi connectivity index (χ0n) is 18.7. The van der Waals surface area contributed by atoms with Gasteiger partial charge in [-0.05, 0) is 68.3 Å². The van der Waals surface area contributed by atoms with Crippen molar-refractivity contribution in [2.24, 2.45) is 0 Å². The first-order valence-corrected chi connectivity index (χ1v) is 10.6. The van der Waals surface area contributed by atoms with Crippen molar-refractivity contribution < 1.29 is 9.72 Å². The second-order valence-corrected chi connectivity index (χ2v) is 8.01. The number of nitrogens with one attached hydrogen (secondary N) is 1. The number of nitrogens with zero attached hydrogens (tertiary/aromatic N) is 4. The molecule has 1 atom stereocenters. The van der Waals surface area contributed by atoms with Crippen LogP contribution in [0.1, 0.15) is 45.8 Å². The first-order chi connectivity index (χ1) is 15.8. The van der Waals surface area contributed by atoms with Crippen LogP contribution in [-0.2, 0) is 6.54 Å². The van der Waals surface area contributed by atoms with E-state index in [-0.39, 0.29) is 17.6 Å². The lowest BCUT2D eigenvalue weighted by Crippen LogP contribution is -2.26. The Morgan fingerprint density at radius 1 is 1.09 bits per heavy atom. The van der Waals surface area contributed by atoms with Gasteiger partial charge in [0, 0.05) is 23.6 Å². The van der Waals surface area contributed by atoms with E-state index in [9.17, 15) is 14.9 Å². The summed E-state index contributed by atoms with van der Waals surface area (Å²) in [4.78, 5) is 23.6. The Bertz CT molecular complexity index is 1290. The maximum absolute atomic E-state index is 12.8. The highest BCUT2D eigenvalue weighted by molar-refractivity contribution is 5.94. The van der Waals surface area contributed by atoms with Gasteiger partial charge in [0.15, 0.2) is 0 Å². The molecule has 2 heterocycles. The van der Waals surface area contributed by atoms with Gasteiger partial charge in [0.25, 0.3) is 5.91 Å². The Labute approximate surface area is 191 Å². The van der Waals surface area contributed by atoms with Crippen molar-refractivity contribution in [3.8, 4) is 5.69 Å². The molecule has 0 saturated carbocycles. The number of aromatic nitrogens is 3. The minimum absolute atomic E-state index is 0.0424. The molecule has 0 aliphatic rings. The van der Waals surface area contributed by atoms with Crippen molar-refractivity contribution in [1.82, 2.24) is 19.7 Å². The van der Waals surface area contributed by atoms with E-state index in [1.54, 1.807) is 30.7 Å². The van der Waals surface area contributed by atoms with Crippen LogP contribution in [0.5, 0.6) is 0 Å². The number of aryl methyl sites for hydroxylation is 1. The summed E-state index contributed by atoms with van der Waals surface area (Å²) in [5.74, 6) is -0.165. The standard InChI is InChI=1S/C25H25N5O3/c1-17(22-7-6-8-23(15-22)28-13-4-5-14-28)26-25(31)21-11-9-20(10-12-21)16-29-19(3)24(30(32)33)18(2)27-29/h4-15,17H,16H2,1-3H3,(H,26,31). The van der Waals surface area contributed by atoms with Gasteiger partial charge < -0.3 is 9.88 Å². The quantitative estimate of drug-likeness (QED) is 0.330. The van der Waals surface area contributed by atoms with Gasteiger partial charge in [0.05, 0.1) is 17.5 Å². The van der Waals surface area contributed by atoms with E-state index in [0.29, 0.717) is 23.5 Å². The Balaban J connectivity index is 1.43. The van der Waals surface area contributed by atoms with Gasteiger partial charge in [-0.2, -0.15) is 5.10 Å². The van der Waals surface area contributed by atoms with Crippen molar-refractivity contribution in [1.29, 1.82) is 0 Å². The predicted molar refractivity (Wildman–Crippen MR) is 126 cm³/mol. The molecule has 1 amide bonds. The highest BCUT2D eigenvalue weighted by Crippen LogP contribution is 2.23. The number of rotatable bonds is 7. The Morgan fingerprint density at radius 3 is 2.42 bits per heavy atom. The average molecular weight is 444 g/mol. The number of hydrogen-bond acceptors (Lipinski definition) is 4. The van der Waals surface area contributed by atoms with E-state index >= 15 is 0 Å². The maximum atomic E-state index is 12.8. The topological polar surface area (TPSA) is 95.0 Å². The fraction of sp³-hybridized carbons (Fsp3) is 0.200. The van der Waals surface area contributed by atoms with Gasteiger partial charge >= 0.3 is 5.69 Å². The third kappa shape index (κ3) is 4.69. The van der Waals surface area contributed by atoms with E-state index in [1.807, 2.05) is 66.3 Å². The smallest absolute Gasteiger partial charge is 0.312 e. The lowest BCUT2D eigenvalue weighted by Gasteiger charge is -2.16. The molecule has 1 unspecified atom stereocenters. The lowest BCUT2D eigenvalue weighted by atomic mass is 10.1. The molecular formula is C25H25N5O3. The molecule has 2 aromatic heterocycles. The normalized spacial score (nSPS) is 11.8. The number of hydrogen-bond donors (Lipinski definition) is 1. The second-order valence-electron chi connectivity index (χ2n) is 8.01.